The third kappa shape index (κ3) is 1.93. The molecule has 0 radical (unpaired) electrons. The normalized spacial score (nSPS) is 9.38. The largest absolute Gasteiger partial charge is 0.273 e. The van der Waals surface area contributed by atoms with Crippen LogP contribution in [0.2, 0.25) is 0 Å². The molecule has 0 saturated heterocycles. The lowest BCUT2D eigenvalue weighted by Crippen LogP contribution is -2.21. The molecule has 0 unspecified atom stereocenters. The van der Waals surface area contributed by atoms with Gasteiger partial charge in [-0.15, -0.1) is 0 Å². The molecule has 0 aliphatic heterocycles. The highest BCUT2D eigenvalue weighted by atomic mass is 16.2. The molecule has 0 saturated carbocycles. The Labute approximate surface area is 77.7 Å². The molecule has 1 amide bonds. The summed E-state index contributed by atoms with van der Waals surface area (Å²) in [5.74, 6) is -0.131. The number of hydrogen-bond acceptors (Lipinski definition) is 2. The molecule has 1 rings (SSSR count). The smallest absolute Gasteiger partial charge is 0.267 e. The van der Waals surface area contributed by atoms with Gasteiger partial charge in [-0.1, -0.05) is 18.2 Å². The molecule has 0 N–H and O–H groups in total. The predicted octanol–water partition coefficient (Wildman–Crippen LogP) is 1.68. The highest BCUT2D eigenvalue weighted by molar-refractivity contribution is 5.95. The van der Waals surface area contributed by atoms with Crippen LogP contribution < -0.4 is 0 Å². The van der Waals surface area contributed by atoms with Crippen molar-refractivity contribution in [1.82, 2.24) is 5.01 Å². The molecular formula is C10H12N2O. The molecular weight excluding hydrogens is 164 g/mol. The first kappa shape index (κ1) is 9.45. The maximum atomic E-state index is 11.6. The minimum Gasteiger partial charge on any atom is -0.267 e. The van der Waals surface area contributed by atoms with Gasteiger partial charge in [0, 0.05) is 19.3 Å². The van der Waals surface area contributed by atoms with Crippen LogP contribution in [0.25, 0.3) is 0 Å². The van der Waals surface area contributed by atoms with E-state index in [0.29, 0.717) is 5.56 Å². The molecule has 13 heavy (non-hydrogen) atoms. The van der Waals surface area contributed by atoms with E-state index in [9.17, 15) is 4.79 Å². The molecule has 0 spiro atoms. The van der Waals surface area contributed by atoms with E-state index in [1.807, 2.05) is 25.1 Å². The Morgan fingerprint density at radius 3 is 2.62 bits per heavy atom. The second-order valence-electron chi connectivity index (χ2n) is 2.79. The Morgan fingerprint density at radius 2 is 2.08 bits per heavy atom. The van der Waals surface area contributed by atoms with Gasteiger partial charge in [-0.2, -0.15) is 5.10 Å². The van der Waals surface area contributed by atoms with Crippen molar-refractivity contribution < 1.29 is 4.79 Å². The second kappa shape index (κ2) is 3.85. The number of rotatable bonds is 2. The summed E-state index contributed by atoms with van der Waals surface area (Å²) in [5, 5.41) is 4.76. The average molecular weight is 176 g/mol. The van der Waals surface area contributed by atoms with Crippen molar-refractivity contribution in [2.45, 2.75) is 6.92 Å². The fourth-order valence-electron chi connectivity index (χ4n) is 1.05. The molecule has 0 heterocycles. The van der Waals surface area contributed by atoms with Gasteiger partial charge in [0.15, 0.2) is 0 Å². The topological polar surface area (TPSA) is 32.7 Å². The number of carbonyl (C=O) groups is 1. The van der Waals surface area contributed by atoms with E-state index in [1.165, 1.54) is 5.01 Å². The summed E-state index contributed by atoms with van der Waals surface area (Å²) < 4.78 is 0. The maximum absolute atomic E-state index is 11.6. The van der Waals surface area contributed by atoms with E-state index in [1.54, 1.807) is 13.1 Å². The van der Waals surface area contributed by atoms with Crippen LogP contribution >= 0.6 is 0 Å². The third-order valence-corrected chi connectivity index (χ3v) is 1.88. The number of carbonyl (C=O) groups excluding carboxylic acids is 1. The number of hydrogen-bond donors (Lipinski definition) is 0. The van der Waals surface area contributed by atoms with E-state index >= 15 is 0 Å². The summed E-state index contributed by atoms with van der Waals surface area (Å²) in [6.45, 7) is 5.18. The molecule has 3 heteroatoms. The molecule has 3 nitrogen and oxygen atoms in total. The van der Waals surface area contributed by atoms with Crippen LogP contribution in [0.1, 0.15) is 15.9 Å². The maximum Gasteiger partial charge on any atom is 0.273 e. The molecule has 68 valence electrons. The molecule has 1 aromatic carbocycles. The first-order valence-corrected chi connectivity index (χ1v) is 3.97. The Morgan fingerprint density at radius 1 is 1.46 bits per heavy atom. The molecule has 0 aromatic heterocycles. The van der Waals surface area contributed by atoms with Crippen molar-refractivity contribution in [2.24, 2.45) is 5.10 Å². The average Bonchev–Trinajstić information content (AvgIpc) is 2.16. The van der Waals surface area contributed by atoms with Crippen LogP contribution in [0.5, 0.6) is 0 Å². The minimum atomic E-state index is -0.131. The summed E-state index contributed by atoms with van der Waals surface area (Å²) in [6.07, 6.45) is 0. The van der Waals surface area contributed by atoms with E-state index in [4.69, 9.17) is 0 Å². The Kier molecular flexibility index (Phi) is 2.80. The number of hydrazone groups is 1. The Balaban J connectivity index is 3.02. The number of amides is 1. The standard InChI is InChI=1S/C10H12N2O/c1-8-6-4-5-7-9(8)10(13)12(3)11-2/h4-7H,2H2,1,3H3. The van der Waals surface area contributed by atoms with Gasteiger partial charge in [0.05, 0.1) is 0 Å². The van der Waals surface area contributed by atoms with Crippen LogP contribution in [-0.4, -0.2) is 24.7 Å². The monoisotopic (exact) mass is 176 g/mol. The lowest BCUT2D eigenvalue weighted by atomic mass is 10.1. The lowest BCUT2D eigenvalue weighted by molar-refractivity contribution is 0.0800. The van der Waals surface area contributed by atoms with Gasteiger partial charge in [0.25, 0.3) is 5.91 Å². The van der Waals surface area contributed by atoms with Crippen LogP contribution in [0, 0.1) is 6.92 Å². The van der Waals surface area contributed by atoms with Crippen molar-refractivity contribution in [2.75, 3.05) is 7.05 Å². The summed E-state index contributed by atoms with van der Waals surface area (Å²) in [6, 6.07) is 7.40. The minimum absolute atomic E-state index is 0.131. The molecule has 0 aliphatic rings. The zero-order valence-corrected chi connectivity index (χ0v) is 7.82. The van der Waals surface area contributed by atoms with Crippen LogP contribution in [0.3, 0.4) is 0 Å². The highest BCUT2D eigenvalue weighted by Crippen LogP contribution is 2.09. The molecule has 1 aromatic rings. The molecule has 0 bridgehead atoms. The van der Waals surface area contributed by atoms with Crippen molar-refractivity contribution in [3.63, 3.8) is 0 Å². The first-order valence-electron chi connectivity index (χ1n) is 3.97. The second-order valence-corrected chi connectivity index (χ2v) is 2.79. The number of aryl methyl sites for hydroxylation is 1. The van der Waals surface area contributed by atoms with Crippen molar-refractivity contribution in [3.05, 3.63) is 35.4 Å². The Bertz CT molecular complexity index is 333. The van der Waals surface area contributed by atoms with Gasteiger partial charge in [-0.3, -0.25) is 4.79 Å². The van der Waals surface area contributed by atoms with Gasteiger partial charge < -0.3 is 0 Å². The van der Waals surface area contributed by atoms with Gasteiger partial charge in [0.2, 0.25) is 0 Å². The van der Waals surface area contributed by atoms with Gasteiger partial charge >= 0.3 is 0 Å². The molecule has 0 atom stereocenters. The summed E-state index contributed by atoms with van der Waals surface area (Å²) >= 11 is 0. The zero-order chi connectivity index (χ0) is 9.84. The summed E-state index contributed by atoms with van der Waals surface area (Å²) in [5.41, 5.74) is 1.61. The lowest BCUT2D eigenvalue weighted by Gasteiger charge is -2.11. The molecule has 0 fully saturated rings. The fourth-order valence-corrected chi connectivity index (χ4v) is 1.05. The van der Waals surface area contributed by atoms with Crippen LogP contribution in [0.15, 0.2) is 29.4 Å². The summed E-state index contributed by atoms with van der Waals surface area (Å²) in [7, 11) is 1.59. The predicted molar refractivity (Wildman–Crippen MR) is 52.8 cm³/mol. The van der Waals surface area contributed by atoms with E-state index < -0.39 is 0 Å². The molecule has 0 aliphatic carbocycles. The van der Waals surface area contributed by atoms with E-state index in [2.05, 4.69) is 11.8 Å². The quantitative estimate of drug-likeness (QED) is 0.498. The summed E-state index contributed by atoms with van der Waals surface area (Å²) in [4.78, 5) is 11.6. The van der Waals surface area contributed by atoms with Crippen LogP contribution in [-0.2, 0) is 0 Å². The highest BCUT2D eigenvalue weighted by Gasteiger charge is 2.11. The number of nitrogens with zero attached hydrogens (tertiary/aromatic N) is 2. The van der Waals surface area contributed by atoms with Gasteiger partial charge in [-0.05, 0) is 18.6 Å². The first-order chi connectivity index (χ1) is 6.16. The number of benzene rings is 1. The zero-order valence-electron chi connectivity index (χ0n) is 7.82. The fraction of sp³-hybridized carbons (Fsp3) is 0.200. The van der Waals surface area contributed by atoms with Crippen molar-refractivity contribution >= 4 is 12.6 Å². The van der Waals surface area contributed by atoms with Gasteiger partial charge in [-0.25, -0.2) is 5.01 Å². The SMILES string of the molecule is C=NN(C)C(=O)c1ccccc1C. The van der Waals surface area contributed by atoms with Crippen molar-refractivity contribution in [3.8, 4) is 0 Å². The van der Waals surface area contributed by atoms with Crippen molar-refractivity contribution in [1.29, 1.82) is 0 Å². The van der Waals surface area contributed by atoms with E-state index in [-0.39, 0.29) is 5.91 Å². The van der Waals surface area contributed by atoms with E-state index in [0.717, 1.165) is 5.56 Å². The third-order valence-electron chi connectivity index (χ3n) is 1.88. The Hall–Kier alpha value is -1.64. The van der Waals surface area contributed by atoms with Gasteiger partial charge in [0.1, 0.15) is 0 Å². The van der Waals surface area contributed by atoms with Crippen LogP contribution in [0.4, 0.5) is 0 Å².